The molecule has 0 radical (unpaired) electrons. The van der Waals surface area contributed by atoms with Gasteiger partial charge in [0.1, 0.15) is 0 Å². The van der Waals surface area contributed by atoms with E-state index in [1.165, 1.54) is 11.8 Å². The van der Waals surface area contributed by atoms with Crippen LogP contribution in [0.4, 0.5) is 0 Å². The fourth-order valence-corrected chi connectivity index (χ4v) is 7.45. The lowest BCUT2D eigenvalue weighted by Gasteiger charge is -2.42. The minimum Gasteiger partial charge on any atom is -0.306 e. The molecule has 0 amide bonds. The van der Waals surface area contributed by atoms with Gasteiger partial charge < -0.3 is 4.52 Å². The molecule has 1 N–H and O–H groups in total. The number of thioether (sulfide) groups is 1. The van der Waals surface area contributed by atoms with Gasteiger partial charge in [-0.25, -0.2) is 9.34 Å². The predicted octanol–water partition coefficient (Wildman–Crippen LogP) is 2.17. The molecule has 132 valence electrons. The molecule has 1 rings (SSSR count). The van der Waals surface area contributed by atoms with Crippen LogP contribution in [0.2, 0.25) is 0 Å². The first kappa shape index (κ1) is 21.0. The normalized spacial score (nSPS) is 27.4. The molecule has 1 aliphatic rings. The first-order chi connectivity index (χ1) is 10.2. The third-order valence-electron chi connectivity index (χ3n) is 3.13. The SMILES string of the molecule is CN1C(SCCS(=O)(=O)O)CCOP1(=O)N(CCCl)CCCl. The summed E-state index contributed by atoms with van der Waals surface area (Å²) >= 11 is 12.8. The number of nitrogens with zero attached hydrogens (tertiary/aromatic N) is 2. The molecule has 1 saturated heterocycles. The Hall–Kier alpha value is 0.950. The lowest BCUT2D eigenvalue weighted by molar-refractivity contribution is 0.171. The van der Waals surface area contributed by atoms with Crippen LogP contribution in [0.3, 0.4) is 0 Å². The van der Waals surface area contributed by atoms with E-state index in [1.807, 2.05) is 0 Å². The average Bonchev–Trinajstić information content (AvgIpc) is 2.42. The molecule has 1 aliphatic heterocycles. The molecule has 12 heteroatoms. The first-order valence-corrected chi connectivity index (χ1v) is 11.9. The van der Waals surface area contributed by atoms with Gasteiger partial charge in [0.2, 0.25) is 0 Å². The highest BCUT2D eigenvalue weighted by atomic mass is 35.5. The molecule has 0 bridgehead atoms. The minimum atomic E-state index is -3.99. The van der Waals surface area contributed by atoms with Gasteiger partial charge in [-0.3, -0.25) is 9.12 Å². The van der Waals surface area contributed by atoms with Crippen molar-refractivity contribution in [1.82, 2.24) is 9.34 Å². The maximum absolute atomic E-state index is 13.1. The van der Waals surface area contributed by atoms with E-state index in [4.69, 9.17) is 32.3 Å². The third-order valence-corrected chi connectivity index (χ3v) is 8.69. The third kappa shape index (κ3) is 6.11. The second kappa shape index (κ2) is 9.44. The molecule has 0 aromatic rings. The van der Waals surface area contributed by atoms with Crippen LogP contribution in [0.5, 0.6) is 0 Å². The number of alkyl halides is 2. The summed E-state index contributed by atoms with van der Waals surface area (Å²) in [7, 11) is -5.53. The highest BCUT2D eigenvalue weighted by molar-refractivity contribution is 8.00. The molecule has 2 atom stereocenters. The Bertz CT molecular complexity index is 490. The van der Waals surface area contributed by atoms with E-state index in [-0.39, 0.29) is 16.9 Å². The molecule has 22 heavy (non-hydrogen) atoms. The largest absolute Gasteiger partial charge is 0.346 e. The molecule has 0 spiro atoms. The van der Waals surface area contributed by atoms with Crippen molar-refractivity contribution >= 4 is 52.8 Å². The maximum atomic E-state index is 13.1. The summed E-state index contributed by atoms with van der Waals surface area (Å²) in [6.45, 7) is 1.09. The van der Waals surface area contributed by atoms with Gasteiger partial charge in [0.15, 0.2) is 0 Å². The van der Waals surface area contributed by atoms with E-state index in [1.54, 1.807) is 16.4 Å². The van der Waals surface area contributed by atoms with Crippen molar-refractivity contribution in [2.45, 2.75) is 11.8 Å². The Morgan fingerprint density at radius 2 is 2.00 bits per heavy atom. The number of hydrogen-bond acceptors (Lipinski definition) is 5. The summed E-state index contributed by atoms with van der Waals surface area (Å²) in [6, 6.07) is 0. The van der Waals surface area contributed by atoms with Gasteiger partial charge in [-0.05, 0) is 13.5 Å². The number of hydrogen-bond donors (Lipinski definition) is 1. The first-order valence-electron chi connectivity index (χ1n) is 6.66. The zero-order chi connectivity index (χ0) is 16.8. The molecule has 0 aromatic heterocycles. The summed E-state index contributed by atoms with van der Waals surface area (Å²) in [4.78, 5) is 0. The van der Waals surface area contributed by atoms with E-state index < -0.39 is 17.8 Å². The van der Waals surface area contributed by atoms with E-state index >= 15 is 0 Å². The molecular weight excluding hydrogens is 394 g/mol. The van der Waals surface area contributed by atoms with Crippen LogP contribution in [0, 0.1) is 0 Å². The molecule has 1 fully saturated rings. The fraction of sp³-hybridized carbons (Fsp3) is 1.00. The van der Waals surface area contributed by atoms with Gasteiger partial charge >= 0.3 is 7.67 Å². The smallest absolute Gasteiger partial charge is 0.306 e. The van der Waals surface area contributed by atoms with E-state index in [9.17, 15) is 13.0 Å². The Morgan fingerprint density at radius 1 is 1.41 bits per heavy atom. The Balaban J connectivity index is 2.74. The maximum Gasteiger partial charge on any atom is 0.346 e. The summed E-state index contributed by atoms with van der Waals surface area (Å²) in [6.07, 6.45) is 0.617. The second-order valence-corrected chi connectivity index (χ2v) is 10.7. The van der Waals surface area contributed by atoms with E-state index in [2.05, 4.69) is 0 Å². The Labute approximate surface area is 145 Å². The van der Waals surface area contributed by atoms with Crippen molar-refractivity contribution in [1.29, 1.82) is 0 Å². The van der Waals surface area contributed by atoms with Gasteiger partial charge in [0, 0.05) is 30.6 Å². The fourth-order valence-electron chi connectivity index (χ4n) is 2.03. The van der Waals surface area contributed by atoms with Crippen LogP contribution in [-0.4, -0.2) is 77.7 Å². The monoisotopic (exact) mass is 414 g/mol. The molecule has 0 saturated carbocycles. The Morgan fingerprint density at radius 3 is 2.50 bits per heavy atom. The van der Waals surface area contributed by atoms with Crippen LogP contribution >= 0.6 is 42.6 Å². The van der Waals surface area contributed by atoms with Crippen molar-refractivity contribution < 1.29 is 22.1 Å². The average molecular weight is 415 g/mol. The van der Waals surface area contributed by atoms with Crippen LogP contribution in [0.15, 0.2) is 0 Å². The number of rotatable bonds is 9. The van der Waals surface area contributed by atoms with Crippen LogP contribution < -0.4 is 0 Å². The van der Waals surface area contributed by atoms with Crippen molar-refractivity contribution in [2.24, 2.45) is 0 Å². The summed E-state index contributed by atoms with van der Waals surface area (Å²) < 4.78 is 52.3. The van der Waals surface area contributed by atoms with E-state index in [0.717, 1.165) is 0 Å². The molecule has 1 heterocycles. The van der Waals surface area contributed by atoms with Crippen molar-refractivity contribution in [2.75, 3.05) is 50.0 Å². The van der Waals surface area contributed by atoms with Crippen molar-refractivity contribution in [3.8, 4) is 0 Å². The molecule has 0 aliphatic carbocycles. The van der Waals surface area contributed by atoms with Crippen molar-refractivity contribution in [3.63, 3.8) is 0 Å². The van der Waals surface area contributed by atoms with E-state index in [0.29, 0.717) is 37.9 Å². The highest BCUT2D eigenvalue weighted by Crippen LogP contribution is 2.58. The molecular formula is C10H21Cl2N2O5PS2. The second-order valence-electron chi connectivity index (χ2n) is 4.63. The Kier molecular flexibility index (Phi) is 9.01. The lowest BCUT2D eigenvalue weighted by atomic mass is 10.4. The van der Waals surface area contributed by atoms with Gasteiger partial charge in [-0.15, -0.1) is 35.0 Å². The summed E-state index contributed by atoms with van der Waals surface area (Å²) in [5.41, 5.74) is 0. The summed E-state index contributed by atoms with van der Waals surface area (Å²) in [5.74, 6) is 0.496. The number of halogens is 2. The molecule has 0 aromatic carbocycles. The standard InChI is InChI=1S/C10H21Cl2N2O5PS2/c1-13-10(21-8-9-22(16,17)18)2-7-19-20(13,15)14(5-3-11)6-4-12/h10H,2-9H2,1H3,(H,16,17,18). The van der Waals surface area contributed by atoms with Crippen LogP contribution in [0.1, 0.15) is 6.42 Å². The lowest BCUT2D eigenvalue weighted by Crippen LogP contribution is -2.41. The topological polar surface area (TPSA) is 87.1 Å². The quantitative estimate of drug-likeness (QED) is 0.348. The van der Waals surface area contributed by atoms with Gasteiger partial charge in [0.25, 0.3) is 10.1 Å². The predicted molar refractivity (Wildman–Crippen MR) is 91.6 cm³/mol. The minimum absolute atomic E-state index is 0.158. The molecule has 2 unspecified atom stereocenters. The van der Waals surface area contributed by atoms with Gasteiger partial charge in [-0.2, -0.15) is 8.42 Å². The van der Waals surface area contributed by atoms with Crippen LogP contribution in [-0.2, 0) is 19.2 Å². The summed E-state index contributed by atoms with van der Waals surface area (Å²) in [5, 5.41) is -0.158. The van der Waals surface area contributed by atoms with Crippen LogP contribution in [0.25, 0.3) is 0 Å². The zero-order valence-electron chi connectivity index (χ0n) is 12.2. The zero-order valence-corrected chi connectivity index (χ0v) is 16.3. The van der Waals surface area contributed by atoms with Gasteiger partial charge in [-0.1, -0.05) is 0 Å². The van der Waals surface area contributed by atoms with Crippen molar-refractivity contribution in [3.05, 3.63) is 0 Å². The van der Waals surface area contributed by atoms with Gasteiger partial charge in [0.05, 0.1) is 17.7 Å². The molecule has 7 nitrogen and oxygen atoms in total. The highest BCUT2D eigenvalue weighted by Gasteiger charge is 2.43.